The highest BCUT2D eigenvalue weighted by Crippen LogP contribution is 2.22. The molecular formula is C17H28N4O2. The Labute approximate surface area is 138 Å². The van der Waals surface area contributed by atoms with Crippen molar-refractivity contribution in [3.63, 3.8) is 0 Å². The van der Waals surface area contributed by atoms with Gasteiger partial charge in [0.05, 0.1) is 5.69 Å². The zero-order valence-electron chi connectivity index (χ0n) is 14.9. The number of aryl methyl sites for hydroxylation is 2. The van der Waals surface area contributed by atoms with Crippen LogP contribution in [0.15, 0.2) is 0 Å². The fraction of sp³-hybridized carbons (Fsp3) is 0.706. The van der Waals surface area contributed by atoms with E-state index in [-0.39, 0.29) is 11.8 Å². The smallest absolute Gasteiger partial charge is 0.247 e. The van der Waals surface area contributed by atoms with E-state index in [2.05, 4.69) is 10.4 Å². The maximum Gasteiger partial charge on any atom is 0.247 e. The summed E-state index contributed by atoms with van der Waals surface area (Å²) >= 11 is 0. The van der Waals surface area contributed by atoms with E-state index in [0.717, 1.165) is 30.7 Å². The van der Waals surface area contributed by atoms with Gasteiger partial charge in [-0.05, 0) is 45.6 Å². The van der Waals surface area contributed by atoms with Gasteiger partial charge < -0.3 is 10.2 Å². The molecule has 1 fully saturated rings. The molecule has 2 heterocycles. The lowest BCUT2D eigenvalue weighted by Gasteiger charge is -2.32. The fourth-order valence-electron chi connectivity index (χ4n) is 3.34. The van der Waals surface area contributed by atoms with E-state index in [1.54, 1.807) is 4.90 Å². The second-order valence-corrected chi connectivity index (χ2v) is 6.84. The lowest BCUT2D eigenvalue weighted by Crippen LogP contribution is -2.56. The number of carbonyl (C=O) groups excluding carboxylic acids is 2. The Hall–Kier alpha value is -1.85. The number of rotatable bonds is 4. The molecule has 1 atom stereocenters. The molecule has 1 aliphatic rings. The van der Waals surface area contributed by atoms with Crippen molar-refractivity contribution >= 4 is 11.8 Å². The van der Waals surface area contributed by atoms with Gasteiger partial charge in [-0.25, -0.2) is 0 Å². The molecule has 0 radical (unpaired) electrons. The van der Waals surface area contributed by atoms with E-state index < -0.39 is 5.54 Å². The summed E-state index contributed by atoms with van der Waals surface area (Å²) in [5, 5.41) is 7.33. The average molecular weight is 320 g/mol. The number of carbonyl (C=O) groups is 2. The summed E-state index contributed by atoms with van der Waals surface area (Å²) in [5.74, 6) is -0.0300. The van der Waals surface area contributed by atoms with E-state index in [9.17, 15) is 9.59 Å². The minimum absolute atomic E-state index is 0.00746. The molecule has 1 aromatic rings. The SMILES string of the molecule is Cc1nn(C)c(C)c1CCN(C)C(=O)C1(C)CCCCC(=O)N1. The summed E-state index contributed by atoms with van der Waals surface area (Å²) in [6.07, 6.45) is 3.74. The largest absolute Gasteiger partial charge is 0.343 e. The maximum absolute atomic E-state index is 12.8. The standard InChI is InChI=1S/C17H28N4O2/c1-12-14(13(2)21(5)19-12)9-11-20(4)16(23)17(3)10-7-6-8-15(22)18-17/h6-11H2,1-5H3,(H,18,22). The van der Waals surface area contributed by atoms with E-state index in [1.807, 2.05) is 39.5 Å². The van der Waals surface area contributed by atoms with Crippen molar-refractivity contribution in [2.75, 3.05) is 13.6 Å². The zero-order chi connectivity index (χ0) is 17.2. The van der Waals surface area contributed by atoms with E-state index >= 15 is 0 Å². The summed E-state index contributed by atoms with van der Waals surface area (Å²) in [6.45, 7) is 6.51. The monoisotopic (exact) mass is 320 g/mol. The second-order valence-electron chi connectivity index (χ2n) is 6.84. The minimum atomic E-state index is -0.776. The van der Waals surface area contributed by atoms with Gasteiger partial charge in [0, 0.05) is 32.8 Å². The van der Waals surface area contributed by atoms with E-state index in [4.69, 9.17) is 0 Å². The highest BCUT2D eigenvalue weighted by atomic mass is 16.2. The van der Waals surface area contributed by atoms with Crippen LogP contribution >= 0.6 is 0 Å². The first-order chi connectivity index (χ1) is 10.7. The molecule has 128 valence electrons. The summed E-state index contributed by atoms with van der Waals surface area (Å²) in [5.41, 5.74) is 2.57. The zero-order valence-corrected chi connectivity index (χ0v) is 14.9. The molecule has 1 aromatic heterocycles. The Balaban J connectivity index is 2.03. The first-order valence-corrected chi connectivity index (χ1v) is 8.30. The molecule has 2 amide bonds. The van der Waals surface area contributed by atoms with E-state index in [0.29, 0.717) is 19.4 Å². The molecule has 6 heteroatoms. The molecule has 6 nitrogen and oxygen atoms in total. The molecule has 1 aliphatic heterocycles. The predicted octanol–water partition coefficient (Wildman–Crippen LogP) is 1.49. The fourth-order valence-corrected chi connectivity index (χ4v) is 3.34. The van der Waals surface area contributed by atoms with Gasteiger partial charge in [-0.3, -0.25) is 14.3 Å². The van der Waals surface area contributed by atoms with Crippen LogP contribution in [0, 0.1) is 13.8 Å². The van der Waals surface area contributed by atoms with Crippen LogP contribution in [-0.4, -0.2) is 45.6 Å². The molecule has 0 bridgehead atoms. The van der Waals surface area contributed by atoms with Gasteiger partial charge in [-0.1, -0.05) is 6.42 Å². The molecule has 2 rings (SSSR count). The molecule has 1 unspecified atom stereocenters. The lowest BCUT2D eigenvalue weighted by molar-refractivity contribution is -0.139. The molecule has 0 aliphatic carbocycles. The molecule has 1 saturated heterocycles. The first kappa shape index (κ1) is 17.5. The van der Waals surface area contributed by atoms with Crippen LogP contribution in [0.4, 0.5) is 0 Å². The van der Waals surface area contributed by atoms with Gasteiger partial charge in [-0.2, -0.15) is 5.10 Å². The molecule has 1 N–H and O–H groups in total. The minimum Gasteiger partial charge on any atom is -0.343 e. The van der Waals surface area contributed by atoms with Crippen LogP contribution < -0.4 is 5.32 Å². The van der Waals surface area contributed by atoms with Crippen molar-refractivity contribution < 1.29 is 9.59 Å². The third-order valence-corrected chi connectivity index (χ3v) is 4.92. The molecule has 23 heavy (non-hydrogen) atoms. The number of amides is 2. The number of hydrogen-bond donors (Lipinski definition) is 1. The highest BCUT2D eigenvalue weighted by Gasteiger charge is 2.37. The third kappa shape index (κ3) is 3.74. The number of hydrogen-bond acceptors (Lipinski definition) is 3. The lowest BCUT2D eigenvalue weighted by atomic mass is 9.94. The van der Waals surface area contributed by atoms with Crippen molar-refractivity contribution in [2.24, 2.45) is 7.05 Å². The van der Waals surface area contributed by atoms with Crippen molar-refractivity contribution in [3.8, 4) is 0 Å². The van der Waals surface area contributed by atoms with Gasteiger partial charge in [0.25, 0.3) is 0 Å². The van der Waals surface area contributed by atoms with E-state index in [1.165, 1.54) is 5.56 Å². The Morgan fingerprint density at radius 3 is 2.70 bits per heavy atom. The first-order valence-electron chi connectivity index (χ1n) is 8.30. The Morgan fingerprint density at radius 2 is 2.09 bits per heavy atom. The van der Waals surface area contributed by atoms with Gasteiger partial charge in [0.1, 0.15) is 5.54 Å². The normalized spacial score (nSPS) is 21.7. The van der Waals surface area contributed by atoms with Crippen LogP contribution in [-0.2, 0) is 23.1 Å². The van der Waals surface area contributed by atoms with Crippen LogP contribution in [0.2, 0.25) is 0 Å². The Morgan fingerprint density at radius 1 is 1.39 bits per heavy atom. The van der Waals surface area contributed by atoms with Gasteiger partial charge >= 0.3 is 0 Å². The summed E-state index contributed by atoms with van der Waals surface area (Å²) < 4.78 is 1.87. The topological polar surface area (TPSA) is 67.2 Å². The predicted molar refractivity (Wildman–Crippen MR) is 89.0 cm³/mol. The van der Waals surface area contributed by atoms with Crippen molar-refractivity contribution in [2.45, 2.75) is 58.4 Å². The maximum atomic E-state index is 12.8. The van der Waals surface area contributed by atoms with Crippen molar-refractivity contribution in [1.82, 2.24) is 20.0 Å². The summed E-state index contributed by atoms with van der Waals surface area (Å²) in [6, 6.07) is 0. The van der Waals surface area contributed by atoms with Gasteiger partial charge in [0.15, 0.2) is 0 Å². The Kier molecular flexibility index (Phi) is 5.12. The second kappa shape index (κ2) is 6.72. The molecule has 0 aromatic carbocycles. The summed E-state index contributed by atoms with van der Waals surface area (Å²) in [4.78, 5) is 26.3. The number of nitrogens with one attached hydrogen (secondary N) is 1. The van der Waals surface area contributed by atoms with Crippen LogP contribution in [0.5, 0.6) is 0 Å². The van der Waals surface area contributed by atoms with Crippen molar-refractivity contribution in [1.29, 1.82) is 0 Å². The number of likely N-dealkylation sites (N-methyl/N-ethyl adjacent to an activating group) is 1. The van der Waals surface area contributed by atoms with Gasteiger partial charge in [-0.15, -0.1) is 0 Å². The van der Waals surface area contributed by atoms with Crippen LogP contribution in [0.1, 0.15) is 49.6 Å². The number of aromatic nitrogens is 2. The number of nitrogens with zero attached hydrogens (tertiary/aromatic N) is 3. The van der Waals surface area contributed by atoms with Crippen molar-refractivity contribution in [3.05, 3.63) is 17.0 Å². The molecule has 0 spiro atoms. The average Bonchev–Trinajstić information content (AvgIpc) is 2.64. The molecular weight excluding hydrogens is 292 g/mol. The third-order valence-electron chi connectivity index (χ3n) is 4.92. The molecule has 0 saturated carbocycles. The van der Waals surface area contributed by atoms with Crippen LogP contribution in [0.25, 0.3) is 0 Å². The highest BCUT2D eigenvalue weighted by molar-refractivity contribution is 5.91. The van der Waals surface area contributed by atoms with Gasteiger partial charge in [0.2, 0.25) is 11.8 Å². The quantitative estimate of drug-likeness (QED) is 0.914. The van der Waals surface area contributed by atoms with Crippen LogP contribution in [0.3, 0.4) is 0 Å². The summed E-state index contributed by atoms with van der Waals surface area (Å²) in [7, 11) is 3.74. The Bertz CT molecular complexity index is 608.